The van der Waals surface area contributed by atoms with Crippen molar-refractivity contribution in [3.8, 4) is 0 Å². The van der Waals surface area contributed by atoms with E-state index in [9.17, 15) is 19.2 Å². The molecule has 1 heterocycles. The summed E-state index contributed by atoms with van der Waals surface area (Å²) in [6, 6.07) is 31.3. The first kappa shape index (κ1) is 24.0. The van der Waals surface area contributed by atoms with Crippen LogP contribution in [0.5, 0.6) is 0 Å². The van der Waals surface area contributed by atoms with Crippen molar-refractivity contribution in [2.24, 2.45) is 11.8 Å². The summed E-state index contributed by atoms with van der Waals surface area (Å²) in [6.07, 6.45) is 0. The first-order chi connectivity index (χ1) is 19.5. The number of hydrogen-bond donors (Lipinski definition) is 1. The molecule has 4 aromatic carbocycles. The van der Waals surface area contributed by atoms with Crippen LogP contribution in [0, 0.1) is 11.8 Å². The van der Waals surface area contributed by atoms with E-state index in [1.54, 1.807) is 36.4 Å². The lowest BCUT2D eigenvalue weighted by Crippen LogP contribution is -2.41. The second-order valence-electron chi connectivity index (χ2n) is 10.3. The van der Waals surface area contributed by atoms with Gasteiger partial charge in [-0.2, -0.15) is 0 Å². The maximum Gasteiger partial charge on any atom is 0.338 e. The van der Waals surface area contributed by atoms with Crippen LogP contribution in [0.4, 0.5) is 11.4 Å². The average molecular weight is 529 g/mol. The molecule has 2 atom stereocenters. The van der Waals surface area contributed by atoms with Crippen molar-refractivity contribution in [1.82, 2.24) is 0 Å². The van der Waals surface area contributed by atoms with Crippen LogP contribution >= 0.6 is 0 Å². The van der Waals surface area contributed by atoms with Gasteiger partial charge >= 0.3 is 5.97 Å². The van der Waals surface area contributed by atoms with Crippen molar-refractivity contribution < 1.29 is 23.9 Å². The van der Waals surface area contributed by atoms with Crippen molar-refractivity contribution in [3.63, 3.8) is 0 Å². The van der Waals surface area contributed by atoms with Gasteiger partial charge in [0.25, 0.3) is 5.91 Å². The minimum Gasteiger partial charge on any atom is -0.452 e. The molecule has 0 aromatic heterocycles. The third-order valence-electron chi connectivity index (χ3n) is 8.18. The van der Waals surface area contributed by atoms with Gasteiger partial charge in [0.15, 0.2) is 6.61 Å². The number of carbonyl (C=O) groups is 4. The molecular formula is C33H24N2O5. The number of para-hydroxylation sites is 1. The Bertz CT molecular complexity index is 1580. The molecule has 3 amide bonds. The van der Waals surface area contributed by atoms with Gasteiger partial charge in [-0.05, 0) is 52.6 Å². The molecule has 3 aliphatic carbocycles. The first-order valence-electron chi connectivity index (χ1n) is 13.2. The number of benzene rings is 4. The van der Waals surface area contributed by atoms with Gasteiger partial charge in [-0.1, -0.05) is 72.8 Å². The molecule has 2 bridgehead atoms. The number of ether oxygens (including phenoxy) is 1. The Hall–Kier alpha value is -5.04. The predicted molar refractivity (Wildman–Crippen MR) is 148 cm³/mol. The van der Waals surface area contributed by atoms with E-state index in [4.69, 9.17) is 4.74 Å². The number of carbonyl (C=O) groups excluding carboxylic acids is 4. The normalized spacial score (nSPS) is 21.9. The van der Waals surface area contributed by atoms with Crippen molar-refractivity contribution in [3.05, 3.63) is 131 Å². The first-order valence-corrected chi connectivity index (χ1v) is 13.2. The Kier molecular flexibility index (Phi) is 5.59. The molecule has 0 spiro atoms. The van der Waals surface area contributed by atoms with E-state index >= 15 is 0 Å². The Morgan fingerprint density at radius 1 is 0.675 bits per heavy atom. The Morgan fingerprint density at radius 3 is 1.75 bits per heavy atom. The molecule has 1 saturated heterocycles. The Balaban J connectivity index is 1.15. The smallest absolute Gasteiger partial charge is 0.338 e. The number of hydrogen-bond acceptors (Lipinski definition) is 5. The van der Waals surface area contributed by atoms with Gasteiger partial charge in [0, 0.05) is 17.5 Å². The molecule has 40 heavy (non-hydrogen) atoms. The molecule has 196 valence electrons. The Labute approximate surface area is 230 Å². The fraction of sp³-hybridized carbons (Fsp3) is 0.152. The molecule has 7 heteroatoms. The summed E-state index contributed by atoms with van der Waals surface area (Å²) in [6.45, 7) is -0.469. The van der Waals surface area contributed by atoms with Crippen molar-refractivity contribution in [2.75, 3.05) is 16.8 Å². The second kappa shape index (κ2) is 9.31. The summed E-state index contributed by atoms with van der Waals surface area (Å²) in [5.74, 6) is -3.16. The standard InChI is InChI=1S/C33H24N2O5/c36-26(34-20-10-2-1-3-11-20)18-40-33(39)19-9-8-12-21(17-19)35-31(37)29-27-22-13-4-5-14-23(22)28(30(29)32(35)38)25-16-7-6-15-24(25)27/h1-17,27-30H,18H2,(H,34,36)/t27?,28?,29-,30+. The highest BCUT2D eigenvalue weighted by atomic mass is 16.5. The molecule has 1 aliphatic heterocycles. The number of imide groups is 1. The van der Waals surface area contributed by atoms with Gasteiger partial charge in [-0.15, -0.1) is 0 Å². The lowest BCUT2D eigenvalue weighted by molar-refractivity contribution is -0.122. The highest BCUT2D eigenvalue weighted by molar-refractivity contribution is 6.23. The van der Waals surface area contributed by atoms with Crippen LogP contribution in [0.3, 0.4) is 0 Å². The summed E-state index contributed by atoms with van der Waals surface area (Å²) >= 11 is 0. The summed E-state index contributed by atoms with van der Waals surface area (Å²) in [5, 5.41) is 2.66. The van der Waals surface area contributed by atoms with Crippen LogP contribution < -0.4 is 10.2 Å². The minimum absolute atomic E-state index is 0.148. The quantitative estimate of drug-likeness (QED) is 0.295. The van der Waals surface area contributed by atoms with Crippen LogP contribution in [0.25, 0.3) is 0 Å². The van der Waals surface area contributed by atoms with Crippen LogP contribution in [0.2, 0.25) is 0 Å². The molecule has 0 radical (unpaired) electrons. The van der Waals surface area contributed by atoms with Gasteiger partial charge in [-0.3, -0.25) is 14.4 Å². The van der Waals surface area contributed by atoms with E-state index < -0.39 is 30.3 Å². The van der Waals surface area contributed by atoms with Crippen LogP contribution in [-0.4, -0.2) is 30.3 Å². The van der Waals surface area contributed by atoms with Gasteiger partial charge in [0.2, 0.25) is 11.8 Å². The fourth-order valence-corrected chi connectivity index (χ4v) is 6.64. The van der Waals surface area contributed by atoms with E-state index in [0.29, 0.717) is 11.4 Å². The summed E-state index contributed by atoms with van der Waals surface area (Å²) in [4.78, 5) is 54.2. The molecule has 1 N–H and O–H groups in total. The van der Waals surface area contributed by atoms with Crippen LogP contribution in [0.1, 0.15) is 44.4 Å². The maximum absolute atomic E-state index is 14.0. The average Bonchev–Trinajstić information content (AvgIpc) is 3.26. The van der Waals surface area contributed by atoms with Crippen LogP contribution in [0.15, 0.2) is 103 Å². The zero-order valence-electron chi connectivity index (χ0n) is 21.3. The number of nitrogens with zero attached hydrogens (tertiary/aromatic N) is 1. The van der Waals surface area contributed by atoms with E-state index in [1.165, 1.54) is 17.0 Å². The monoisotopic (exact) mass is 528 g/mol. The van der Waals surface area contributed by atoms with Crippen molar-refractivity contribution in [2.45, 2.75) is 11.8 Å². The number of rotatable bonds is 5. The number of anilines is 2. The van der Waals surface area contributed by atoms with Gasteiger partial charge < -0.3 is 10.1 Å². The van der Waals surface area contributed by atoms with Crippen molar-refractivity contribution >= 4 is 35.1 Å². The molecule has 7 nitrogen and oxygen atoms in total. The molecule has 4 aromatic rings. The summed E-state index contributed by atoms with van der Waals surface area (Å²) < 4.78 is 5.22. The highest BCUT2D eigenvalue weighted by Crippen LogP contribution is 2.61. The SMILES string of the molecule is O=C(COC(=O)c1cccc(N2C(=O)[C@@H]3C4c5ccccc5C(c5ccccc54)[C@@H]3C2=O)c1)Nc1ccccc1. The Morgan fingerprint density at radius 2 is 1.20 bits per heavy atom. The van der Waals surface area contributed by atoms with Crippen molar-refractivity contribution in [1.29, 1.82) is 0 Å². The molecule has 0 saturated carbocycles. The van der Waals surface area contributed by atoms with E-state index in [0.717, 1.165) is 22.3 Å². The third kappa shape index (κ3) is 3.66. The molecule has 4 aliphatic rings. The third-order valence-corrected chi connectivity index (χ3v) is 8.18. The topological polar surface area (TPSA) is 92.8 Å². The predicted octanol–water partition coefficient (Wildman–Crippen LogP) is 4.88. The molecule has 0 unspecified atom stereocenters. The summed E-state index contributed by atoms with van der Waals surface area (Å²) in [7, 11) is 0. The minimum atomic E-state index is -0.721. The lowest BCUT2D eigenvalue weighted by atomic mass is 9.55. The largest absolute Gasteiger partial charge is 0.452 e. The number of esters is 1. The lowest BCUT2D eigenvalue weighted by Gasteiger charge is -2.45. The maximum atomic E-state index is 14.0. The van der Waals surface area contributed by atoms with E-state index in [2.05, 4.69) is 29.6 Å². The molecular weight excluding hydrogens is 504 g/mol. The summed E-state index contributed by atoms with van der Waals surface area (Å²) in [5.41, 5.74) is 5.46. The number of nitrogens with one attached hydrogen (secondary N) is 1. The zero-order chi connectivity index (χ0) is 27.4. The second-order valence-corrected chi connectivity index (χ2v) is 10.3. The van der Waals surface area contributed by atoms with Gasteiger partial charge in [0.05, 0.1) is 23.1 Å². The fourth-order valence-electron chi connectivity index (χ4n) is 6.64. The van der Waals surface area contributed by atoms with Crippen LogP contribution in [-0.2, 0) is 19.1 Å². The highest BCUT2D eigenvalue weighted by Gasteiger charge is 2.61. The zero-order valence-corrected chi connectivity index (χ0v) is 21.3. The van der Waals surface area contributed by atoms with Gasteiger partial charge in [0.1, 0.15) is 0 Å². The number of amides is 3. The molecule has 1 fully saturated rings. The van der Waals surface area contributed by atoms with E-state index in [-0.39, 0.29) is 29.2 Å². The van der Waals surface area contributed by atoms with E-state index in [1.807, 2.05) is 30.3 Å². The van der Waals surface area contributed by atoms with Gasteiger partial charge in [-0.25, -0.2) is 9.69 Å². The molecule has 8 rings (SSSR count).